The van der Waals surface area contributed by atoms with E-state index < -0.39 is 46.8 Å². The van der Waals surface area contributed by atoms with Gasteiger partial charge in [0.1, 0.15) is 12.5 Å². The molecule has 1 aromatic heterocycles. The summed E-state index contributed by atoms with van der Waals surface area (Å²) in [6.07, 6.45) is -5.45. The molecule has 45 heavy (non-hydrogen) atoms. The minimum absolute atomic E-state index is 0.0797. The molecule has 10 nitrogen and oxygen atoms in total. The second kappa shape index (κ2) is 13.7. The number of aliphatic imine (C=N–C) groups is 1. The zero-order valence-corrected chi connectivity index (χ0v) is 24.6. The van der Waals surface area contributed by atoms with Gasteiger partial charge >= 0.3 is 6.18 Å². The van der Waals surface area contributed by atoms with Crippen LogP contribution in [-0.2, 0) is 32.3 Å². The molecule has 0 fully saturated rings. The average molecular weight is 645 g/mol. The van der Waals surface area contributed by atoms with Crippen molar-refractivity contribution >= 4 is 33.4 Å². The van der Waals surface area contributed by atoms with E-state index >= 15 is 0 Å². The van der Waals surface area contributed by atoms with E-state index in [1.165, 1.54) is 12.1 Å². The van der Waals surface area contributed by atoms with E-state index in [4.69, 9.17) is 5.73 Å². The summed E-state index contributed by atoms with van der Waals surface area (Å²) in [7, 11) is -4.35. The summed E-state index contributed by atoms with van der Waals surface area (Å²) in [5.74, 6) is -1.65. The van der Waals surface area contributed by atoms with Crippen LogP contribution in [0.15, 0.2) is 88.8 Å². The fraction of sp³-hybridized carbons (Fsp3) is 0.200. The zero-order chi connectivity index (χ0) is 32.8. The number of rotatable bonds is 11. The molecule has 0 unspecified atom stereocenters. The van der Waals surface area contributed by atoms with E-state index in [1.807, 2.05) is 11.6 Å². The van der Waals surface area contributed by atoms with Crippen LogP contribution in [0.3, 0.4) is 0 Å². The Bertz CT molecular complexity index is 1820. The van der Waals surface area contributed by atoms with Crippen LogP contribution in [-0.4, -0.2) is 42.5 Å². The van der Waals surface area contributed by atoms with E-state index in [-0.39, 0.29) is 35.1 Å². The lowest BCUT2D eigenvalue weighted by molar-refractivity contribution is -0.141. The summed E-state index contributed by atoms with van der Waals surface area (Å²) in [6.45, 7) is 1.01. The zero-order valence-electron chi connectivity index (χ0n) is 23.8. The number of amides is 2. The maximum absolute atomic E-state index is 13.5. The van der Waals surface area contributed by atoms with Crippen LogP contribution in [0, 0.1) is 6.92 Å². The number of alkyl halides is 4. The molecular formula is C30H28F4N6O4S. The normalized spacial score (nSPS) is 12.2. The van der Waals surface area contributed by atoms with Crippen molar-refractivity contribution in [1.82, 2.24) is 19.8 Å². The first kappa shape index (κ1) is 32.9. The monoisotopic (exact) mass is 644 g/mol. The van der Waals surface area contributed by atoms with Crippen molar-refractivity contribution in [1.29, 1.82) is 0 Å². The largest absolute Gasteiger partial charge is 0.435 e. The maximum Gasteiger partial charge on any atom is 0.435 e. The molecule has 0 radical (unpaired) electrons. The number of aryl methyl sites for hydroxylation is 1. The molecule has 1 heterocycles. The van der Waals surface area contributed by atoms with Crippen LogP contribution in [0.4, 0.5) is 23.2 Å². The number of carbonyl (C=O) groups excluding carboxylic acids is 2. The third-order valence-electron chi connectivity index (χ3n) is 6.38. The van der Waals surface area contributed by atoms with E-state index in [9.17, 15) is 35.6 Å². The standard InChI is InChI=1S/C30H28F4N6O4S/c1-19-5-7-21(8-6-19)25-16-26(30(32,33)34)38-40(25)23-9-11-24(12-10-23)45(43,44)39-29(42)14-13-28(41)36-18-20-3-2-4-22(15-20)37-27(35)17-31/h2-12,15-16H,13-14,17-18H2,1H3,(H2,35,37)(H,36,41)(H,39,42). The van der Waals surface area contributed by atoms with Gasteiger partial charge in [-0.1, -0.05) is 42.0 Å². The van der Waals surface area contributed by atoms with Crippen molar-refractivity contribution in [2.75, 3.05) is 6.67 Å². The van der Waals surface area contributed by atoms with Crippen LogP contribution in [0.2, 0.25) is 0 Å². The number of hydrogen-bond acceptors (Lipinski definition) is 6. The predicted molar refractivity (Wildman–Crippen MR) is 159 cm³/mol. The van der Waals surface area contributed by atoms with Gasteiger partial charge in [-0.3, -0.25) is 9.59 Å². The SMILES string of the molecule is Cc1ccc(-c2cc(C(F)(F)F)nn2-c2ccc(S(=O)(=O)NC(=O)CCC(=O)NCc3cccc(N=C(N)CF)c3)cc2)cc1. The Hall–Kier alpha value is -5.05. The molecule has 2 amide bonds. The summed E-state index contributed by atoms with van der Waals surface area (Å²) in [5, 5.41) is 6.29. The number of amidine groups is 1. The van der Waals surface area contributed by atoms with Crippen molar-refractivity contribution in [3.05, 3.63) is 95.7 Å². The third-order valence-corrected chi connectivity index (χ3v) is 7.77. The van der Waals surface area contributed by atoms with Crippen LogP contribution in [0.5, 0.6) is 0 Å². The van der Waals surface area contributed by atoms with Crippen LogP contribution in [0.25, 0.3) is 16.9 Å². The molecule has 0 aliphatic rings. The number of sulfonamides is 1. The summed E-state index contributed by atoms with van der Waals surface area (Å²) in [6, 6.07) is 19.0. The molecule has 0 spiro atoms. The second-order valence-electron chi connectivity index (χ2n) is 9.90. The molecule has 0 saturated heterocycles. The Balaban J connectivity index is 1.38. The Labute approximate surface area is 256 Å². The first-order chi connectivity index (χ1) is 21.2. The molecule has 236 valence electrons. The van der Waals surface area contributed by atoms with Gasteiger partial charge in [-0.25, -0.2) is 27.2 Å². The number of halogens is 4. The number of aromatic nitrogens is 2. The Morgan fingerprint density at radius 3 is 2.27 bits per heavy atom. The fourth-order valence-electron chi connectivity index (χ4n) is 4.12. The molecule has 4 N–H and O–H groups in total. The van der Waals surface area contributed by atoms with Gasteiger partial charge < -0.3 is 11.1 Å². The topological polar surface area (TPSA) is 149 Å². The highest BCUT2D eigenvalue weighted by Gasteiger charge is 2.35. The fourth-order valence-corrected chi connectivity index (χ4v) is 5.13. The van der Waals surface area contributed by atoms with Crippen LogP contribution < -0.4 is 15.8 Å². The van der Waals surface area contributed by atoms with Gasteiger partial charge in [-0.05, 0) is 55.0 Å². The van der Waals surface area contributed by atoms with Crippen LogP contribution in [0.1, 0.15) is 29.7 Å². The molecule has 3 aromatic carbocycles. The third kappa shape index (κ3) is 8.75. The van der Waals surface area contributed by atoms with Crippen molar-refractivity contribution in [3.63, 3.8) is 0 Å². The number of nitrogens with two attached hydrogens (primary N) is 1. The molecule has 15 heteroatoms. The van der Waals surface area contributed by atoms with Gasteiger partial charge in [-0.2, -0.15) is 18.3 Å². The molecule has 0 bridgehead atoms. The molecule has 4 rings (SSSR count). The van der Waals surface area contributed by atoms with Crippen molar-refractivity contribution < 1.29 is 35.6 Å². The Morgan fingerprint density at radius 1 is 0.956 bits per heavy atom. The summed E-state index contributed by atoms with van der Waals surface area (Å²) < 4.78 is 81.5. The lowest BCUT2D eigenvalue weighted by Crippen LogP contribution is -2.32. The average Bonchev–Trinajstić information content (AvgIpc) is 3.46. The number of benzene rings is 3. The maximum atomic E-state index is 13.5. The summed E-state index contributed by atoms with van der Waals surface area (Å²) >= 11 is 0. The first-order valence-electron chi connectivity index (χ1n) is 13.4. The predicted octanol–water partition coefficient (Wildman–Crippen LogP) is 4.73. The Kier molecular flexibility index (Phi) is 10.0. The molecule has 0 atom stereocenters. The summed E-state index contributed by atoms with van der Waals surface area (Å²) in [5.41, 5.74) is 6.99. The molecule has 0 aliphatic carbocycles. The number of nitrogens with one attached hydrogen (secondary N) is 2. The quantitative estimate of drug-likeness (QED) is 0.122. The highest BCUT2D eigenvalue weighted by atomic mass is 32.2. The summed E-state index contributed by atoms with van der Waals surface area (Å²) in [4.78, 5) is 28.1. The minimum Gasteiger partial charge on any atom is -0.385 e. The molecule has 0 saturated carbocycles. The van der Waals surface area contributed by atoms with Crippen molar-refractivity contribution in [3.8, 4) is 16.9 Å². The van der Waals surface area contributed by atoms with Crippen molar-refractivity contribution in [2.24, 2.45) is 10.7 Å². The number of nitrogens with zero attached hydrogens (tertiary/aromatic N) is 3. The van der Waals surface area contributed by atoms with E-state index in [1.54, 1.807) is 48.5 Å². The van der Waals surface area contributed by atoms with Gasteiger partial charge in [0.15, 0.2) is 5.69 Å². The number of hydrogen-bond donors (Lipinski definition) is 3. The molecule has 0 aliphatic heterocycles. The van der Waals surface area contributed by atoms with E-state index in [0.717, 1.165) is 28.4 Å². The van der Waals surface area contributed by atoms with Gasteiger partial charge in [0, 0.05) is 24.9 Å². The Morgan fingerprint density at radius 2 is 1.62 bits per heavy atom. The first-order valence-corrected chi connectivity index (χ1v) is 14.9. The van der Waals surface area contributed by atoms with Gasteiger partial charge in [0.2, 0.25) is 11.8 Å². The van der Waals surface area contributed by atoms with Crippen LogP contribution >= 0.6 is 0 Å². The molecular weight excluding hydrogens is 616 g/mol. The lowest BCUT2D eigenvalue weighted by Gasteiger charge is -2.10. The van der Waals surface area contributed by atoms with Crippen molar-refractivity contribution in [2.45, 2.75) is 37.4 Å². The lowest BCUT2D eigenvalue weighted by atomic mass is 10.1. The van der Waals surface area contributed by atoms with Gasteiger partial charge in [0.05, 0.1) is 22.0 Å². The number of carbonyl (C=O) groups is 2. The smallest absolute Gasteiger partial charge is 0.385 e. The highest BCUT2D eigenvalue weighted by molar-refractivity contribution is 7.90. The van der Waals surface area contributed by atoms with Gasteiger partial charge in [0.25, 0.3) is 10.0 Å². The van der Waals surface area contributed by atoms with E-state index in [0.29, 0.717) is 16.8 Å². The van der Waals surface area contributed by atoms with E-state index in [2.05, 4.69) is 15.4 Å². The second-order valence-corrected chi connectivity index (χ2v) is 11.6. The molecule has 4 aromatic rings. The van der Waals surface area contributed by atoms with Gasteiger partial charge in [-0.15, -0.1) is 0 Å². The highest BCUT2D eigenvalue weighted by Crippen LogP contribution is 2.33. The minimum atomic E-state index is -4.71.